The number of pyridine rings is 1. The van der Waals surface area contributed by atoms with Gasteiger partial charge in [0.05, 0.1) is 25.3 Å². The molecule has 17 nitrogen and oxygen atoms in total. The maximum Gasteiger partial charge on any atom is 0.337 e. The number of hydrogen-bond donors (Lipinski definition) is 5. The summed E-state index contributed by atoms with van der Waals surface area (Å²) in [5.74, 6) is -5.13. The van der Waals surface area contributed by atoms with Crippen LogP contribution in [-0.2, 0) is 43.1 Å². The zero-order chi connectivity index (χ0) is 46.0. The number of likely N-dealkylation sites (tertiary alicyclic amines) is 1. The van der Waals surface area contributed by atoms with Gasteiger partial charge in [0, 0.05) is 51.2 Å². The SMILES string of the molecule is CNC(=O)[C@@H](CC(=O)[C@@H](NC(=O)[C@@H]1CC(=O)CN1C(=O)[C@@H](NC(=O)[C@H](CC/C=C/C(=O)OC)NC(C)=O)C(C)(C)C)C1CCCCC1)C1CCCCC1.O=C(O)c1cccnc1. The molecule has 1 aromatic rings. The Bertz CT molecular complexity index is 1770. The Morgan fingerprint density at radius 2 is 1.55 bits per heavy atom. The third kappa shape index (κ3) is 15.8. The first-order chi connectivity index (χ1) is 29.4. The molecule has 4 rings (SSSR count). The summed E-state index contributed by atoms with van der Waals surface area (Å²) >= 11 is 0. The van der Waals surface area contributed by atoms with Crippen molar-refractivity contribution in [2.75, 3.05) is 20.7 Å². The minimum atomic E-state index is -1.20. The summed E-state index contributed by atoms with van der Waals surface area (Å²) in [5, 5.41) is 19.4. The fraction of sp³-hybridized carbons (Fsp3) is 0.644. The molecule has 2 saturated carbocycles. The summed E-state index contributed by atoms with van der Waals surface area (Å²) in [6, 6.07) is -1.20. The molecule has 1 aromatic heterocycles. The molecule has 0 radical (unpaired) electrons. The predicted octanol–water partition coefficient (Wildman–Crippen LogP) is 3.45. The van der Waals surface area contributed by atoms with Crippen molar-refractivity contribution in [2.24, 2.45) is 23.2 Å². The van der Waals surface area contributed by atoms with E-state index in [4.69, 9.17) is 5.11 Å². The molecule has 0 bridgehead atoms. The molecule has 1 saturated heterocycles. The summed E-state index contributed by atoms with van der Waals surface area (Å²) < 4.78 is 4.58. The molecule has 342 valence electrons. The van der Waals surface area contributed by atoms with Crippen LogP contribution in [-0.4, -0.2) is 113 Å². The normalized spacial score (nSPS) is 19.2. The fourth-order valence-corrected chi connectivity index (χ4v) is 8.44. The number of nitrogens with zero attached hydrogens (tertiary/aromatic N) is 2. The van der Waals surface area contributed by atoms with Crippen molar-refractivity contribution in [3.63, 3.8) is 0 Å². The van der Waals surface area contributed by atoms with E-state index in [1.165, 1.54) is 49.5 Å². The van der Waals surface area contributed by atoms with Crippen molar-refractivity contribution in [3.05, 3.63) is 42.2 Å². The molecule has 2 aliphatic carbocycles. The predicted molar refractivity (Wildman–Crippen MR) is 228 cm³/mol. The standard InChI is InChI=1S/C39H61N5O9.C6H5NO2/c1-24(45)41-29(19-13-14-20-32(48)53-6)36(50)43-34(39(2,3)4)38(52)44-23-27(46)21-30(44)37(51)42-33(26-17-11-8-12-18-26)31(47)22-28(35(49)40-5)25-15-9-7-10-16-25;8-6(9)5-2-1-3-7-4-5/h14,20,25-26,28-30,33-34H,7-13,15-19,21-23H2,1-6H3,(H,40,49)(H,41,45)(H,42,51)(H,43,50);1-4H,(H,8,9)/b20-14+;/t28-,29-,30-,33-,34+;/m0./s1. The van der Waals surface area contributed by atoms with E-state index in [9.17, 15) is 43.2 Å². The Kier molecular flexibility index (Phi) is 20.4. The van der Waals surface area contributed by atoms with E-state index in [-0.39, 0.29) is 67.1 Å². The van der Waals surface area contributed by atoms with Crippen molar-refractivity contribution in [2.45, 2.75) is 142 Å². The van der Waals surface area contributed by atoms with Crippen LogP contribution in [0.5, 0.6) is 0 Å². The topological polar surface area (TPSA) is 247 Å². The number of carbonyl (C=O) groups excluding carboxylic acids is 8. The van der Waals surface area contributed by atoms with Crippen LogP contribution in [0.15, 0.2) is 36.7 Å². The lowest BCUT2D eigenvalue weighted by Crippen LogP contribution is -2.61. The molecule has 3 fully saturated rings. The number of nitrogens with one attached hydrogen (secondary N) is 4. The van der Waals surface area contributed by atoms with Crippen molar-refractivity contribution < 1.29 is 53.0 Å². The van der Waals surface area contributed by atoms with Crippen LogP contribution in [0.4, 0.5) is 0 Å². The number of hydrogen-bond acceptors (Lipinski definition) is 11. The number of amides is 5. The molecule has 62 heavy (non-hydrogen) atoms. The Morgan fingerprint density at radius 3 is 2.06 bits per heavy atom. The number of rotatable bonds is 17. The maximum absolute atomic E-state index is 14.3. The van der Waals surface area contributed by atoms with Gasteiger partial charge >= 0.3 is 11.9 Å². The van der Waals surface area contributed by atoms with Gasteiger partial charge in [-0.2, -0.15) is 0 Å². The largest absolute Gasteiger partial charge is 0.478 e. The van der Waals surface area contributed by atoms with Gasteiger partial charge in [-0.05, 0) is 67.9 Å². The van der Waals surface area contributed by atoms with Gasteiger partial charge in [0.2, 0.25) is 29.5 Å². The second kappa shape index (κ2) is 24.8. The van der Waals surface area contributed by atoms with E-state index in [0.29, 0.717) is 0 Å². The highest BCUT2D eigenvalue weighted by atomic mass is 16.5. The lowest BCUT2D eigenvalue weighted by molar-refractivity contribution is -0.145. The molecule has 5 amide bonds. The Balaban J connectivity index is 0.00000100. The smallest absolute Gasteiger partial charge is 0.337 e. The number of carboxylic acids is 1. The van der Waals surface area contributed by atoms with Crippen molar-refractivity contribution >= 4 is 53.0 Å². The minimum Gasteiger partial charge on any atom is -0.478 e. The number of Topliss-reactive ketones (excluding diaryl/α,β-unsaturated/α-hetero) is 2. The first kappa shape index (κ1) is 50.9. The lowest BCUT2D eigenvalue weighted by Gasteiger charge is -2.37. The minimum absolute atomic E-state index is 0.00407. The molecule has 2 heterocycles. The van der Waals surface area contributed by atoms with E-state index < -0.39 is 71.1 Å². The molecule has 5 N–H and O–H groups in total. The van der Waals surface area contributed by atoms with Gasteiger partial charge in [-0.3, -0.25) is 38.5 Å². The third-order valence-corrected chi connectivity index (χ3v) is 11.8. The van der Waals surface area contributed by atoms with Crippen molar-refractivity contribution in [3.8, 4) is 0 Å². The van der Waals surface area contributed by atoms with E-state index in [0.717, 1.165) is 64.2 Å². The third-order valence-electron chi connectivity index (χ3n) is 11.8. The molecular formula is C45H66N6O11. The van der Waals surface area contributed by atoms with Crippen LogP contribution >= 0.6 is 0 Å². The summed E-state index contributed by atoms with van der Waals surface area (Å²) in [6.45, 7) is 6.14. The number of aromatic carboxylic acids is 1. The lowest BCUT2D eigenvalue weighted by atomic mass is 9.75. The van der Waals surface area contributed by atoms with Crippen molar-refractivity contribution in [1.29, 1.82) is 0 Å². The summed E-state index contributed by atoms with van der Waals surface area (Å²) in [7, 11) is 2.81. The van der Waals surface area contributed by atoms with Crippen LogP contribution in [0.25, 0.3) is 0 Å². The molecular weight excluding hydrogens is 801 g/mol. The molecule has 5 atom stereocenters. The zero-order valence-corrected chi connectivity index (χ0v) is 37.0. The Labute approximate surface area is 364 Å². The van der Waals surface area contributed by atoms with Gasteiger partial charge in [0.15, 0.2) is 11.6 Å². The molecule has 1 aliphatic heterocycles. The molecule has 0 spiro atoms. The van der Waals surface area contributed by atoms with E-state index in [1.54, 1.807) is 33.9 Å². The maximum atomic E-state index is 14.3. The van der Waals surface area contributed by atoms with Gasteiger partial charge in [-0.15, -0.1) is 0 Å². The van der Waals surface area contributed by atoms with Crippen LogP contribution in [0, 0.1) is 23.2 Å². The summed E-state index contributed by atoms with van der Waals surface area (Å²) in [5.41, 5.74) is -0.656. The van der Waals surface area contributed by atoms with Gasteiger partial charge in [0.1, 0.15) is 18.1 Å². The van der Waals surface area contributed by atoms with Gasteiger partial charge in [0.25, 0.3) is 0 Å². The highest BCUT2D eigenvalue weighted by Crippen LogP contribution is 2.34. The number of carboxylic acid groups (broad SMARTS) is 1. The molecule has 3 aliphatic rings. The number of esters is 1. The number of ether oxygens (including phenoxy) is 1. The van der Waals surface area contributed by atoms with Gasteiger partial charge in [-0.25, -0.2) is 9.59 Å². The quantitative estimate of drug-likeness (QED) is 0.112. The van der Waals surface area contributed by atoms with Crippen LogP contribution in [0.3, 0.4) is 0 Å². The highest BCUT2D eigenvalue weighted by Gasteiger charge is 2.46. The van der Waals surface area contributed by atoms with E-state index in [1.807, 2.05) is 0 Å². The highest BCUT2D eigenvalue weighted by molar-refractivity contribution is 6.02. The number of aromatic nitrogens is 1. The monoisotopic (exact) mass is 866 g/mol. The summed E-state index contributed by atoms with van der Waals surface area (Å²) in [4.78, 5) is 120. The second-order valence-corrected chi connectivity index (χ2v) is 17.5. The van der Waals surface area contributed by atoms with Crippen LogP contribution in [0.1, 0.15) is 128 Å². The number of carbonyl (C=O) groups is 9. The van der Waals surface area contributed by atoms with Crippen LogP contribution in [0.2, 0.25) is 0 Å². The number of methoxy groups -OCH3 is 1. The average molecular weight is 867 g/mol. The van der Waals surface area contributed by atoms with Gasteiger partial charge < -0.3 is 36.0 Å². The first-order valence-corrected chi connectivity index (χ1v) is 21.7. The number of ketones is 2. The van der Waals surface area contributed by atoms with E-state index >= 15 is 0 Å². The second-order valence-electron chi connectivity index (χ2n) is 17.5. The number of allylic oxidation sites excluding steroid dienone is 1. The Hall–Kier alpha value is -5.48. The fourth-order valence-electron chi connectivity index (χ4n) is 8.44. The van der Waals surface area contributed by atoms with E-state index in [2.05, 4.69) is 31.0 Å². The molecule has 0 unspecified atom stereocenters. The average Bonchev–Trinajstić information content (AvgIpc) is 3.66. The van der Waals surface area contributed by atoms with Gasteiger partial charge in [-0.1, -0.05) is 65.4 Å². The summed E-state index contributed by atoms with van der Waals surface area (Å²) in [6.07, 6.45) is 14.9. The molecule has 0 aromatic carbocycles. The van der Waals surface area contributed by atoms with Crippen LogP contribution < -0.4 is 21.3 Å². The van der Waals surface area contributed by atoms with Crippen molar-refractivity contribution in [1.82, 2.24) is 31.2 Å². The Morgan fingerprint density at radius 1 is 0.919 bits per heavy atom. The zero-order valence-electron chi connectivity index (χ0n) is 37.0. The molecule has 17 heteroatoms. The first-order valence-electron chi connectivity index (χ1n) is 21.7.